The Morgan fingerprint density at radius 1 is 1.40 bits per heavy atom. The first-order valence-corrected chi connectivity index (χ1v) is 4.79. The van der Waals surface area contributed by atoms with E-state index in [0.29, 0.717) is 0 Å². The second kappa shape index (κ2) is 7.26. The van der Waals surface area contributed by atoms with Crippen molar-refractivity contribution in [3.63, 3.8) is 0 Å². The summed E-state index contributed by atoms with van der Waals surface area (Å²) in [5, 5.41) is 8.99. The van der Waals surface area contributed by atoms with E-state index in [1.54, 1.807) is 0 Å². The topological polar surface area (TPSA) is 53.0 Å². The molecule has 1 heterocycles. The summed E-state index contributed by atoms with van der Waals surface area (Å²) in [4.78, 5) is 15.1. The van der Waals surface area contributed by atoms with Gasteiger partial charge >= 0.3 is 24.8 Å². The summed E-state index contributed by atoms with van der Waals surface area (Å²) < 4.78 is 4.91. The molecule has 1 saturated heterocycles. The number of likely N-dealkylation sites (N-methyl/N-ethyl adjacent to an activating group) is 1. The average Bonchev–Trinajstić information content (AvgIpc) is 2.15. The number of ether oxygens (including phenoxy) is 1. The third-order valence-electron chi connectivity index (χ3n) is 2.59. The van der Waals surface area contributed by atoms with Crippen LogP contribution < -0.4 is 0 Å². The number of methoxy groups -OCH3 is 1. The Balaban J connectivity index is 0.00000196. The van der Waals surface area contributed by atoms with Crippen LogP contribution in [0.25, 0.3) is 0 Å². The van der Waals surface area contributed by atoms with Crippen molar-refractivity contribution in [1.82, 2.24) is 9.80 Å². The molecular weight excluding hydrogens is 191 g/mol. The van der Waals surface area contributed by atoms with Crippen LogP contribution in [-0.4, -0.2) is 92.7 Å². The molecule has 1 aliphatic rings. The molecule has 15 heavy (non-hydrogen) atoms. The second-order valence-electron chi connectivity index (χ2n) is 3.65. The van der Waals surface area contributed by atoms with Crippen LogP contribution in [0, 0.1) is 0 Å². The minimum absolute atomic E-state index is 0. The molecule has 1 rings (SSSR count). The molecule has 0 amide bonds. The van der Waals surface area contributed by atoms with E-state index in [2.05, 4.69) is 4.90 Å². The maximum Gasteiger partial charge on any atom is 2.00 e. The van der Waals surface area contributed by atoms with E-state index in [0.717, 1.165) is 26.2 Å². The molecule has 0 aromatic rings. The van der Waals surface area contributed by atoms with E-state index in [1.165, 1.54) is 7.11 Å². The molecule has 6 heteroatoms. The summed E-state index contributed by atoms with van der Waals surface area (Å²) in [6.45, 7) is 3.72. The molecule has 1 aliphatic heterocycles. The molecule has 0 saturated carbocycles. The Kier molecular flexibility index (Phi) is 7.23. The Bertz CT molecular complexity index is 196. The van der Waals surface area contributed by atoms with Crippen LogP contribution in [0.15, 0.2) is 0 Å². The van der Waals surface area contributed by atoms with Crippen molar-refractivity contribution in [2.24, 2.45) is 0 Å². The molecule has 0 bridgehead atoms. The molecule has 1 unspecified atom stereocenters. The largest absolute Gasteiger partial charge is 2.00 e. The summed E-state index contributed by atoms with van der Waals surface area (Å²) in [7, 11) is 3.58. The van der Waals surface area contributed by atoms with Crippen LogP contribution in [0.5, 0.6) is 0 Å². The molecule has 0 aromatic carbocycles. The monoisotopic (exact) mass is 209 g/mol. The zero-order valence-corrected chi connectivity index (χ0v) is 9.77. The van der Waals surface area contributed by atoms with Crippen LogP contribution in [0.4, 0.5) is 0 Å². The number of rotatable bonds is 4. The molecular formula is C9H18LiN2O3+2. The predicted molar refractivity (Wildman–Crippen MR) is 58.1 cm³/mol. The van der Waals surface area contributed by atoms with Gasteiger partial charge in [0.1, 0.15) is 6.04 Å². The molecule has 1 N–H and O–H groups in total. The zero-order valence-electron chi connectivity index (χ0n) is 9.77. The van der Waals surface area contributed by atoms with E-state index in [4.69, 9.17) is 9.84 Å². The molecule has 1 fully saturated rings. The summed E-state index contributed by atoms with van der Waals surface area (Å²) in [6, 6.07) is -0.492. The van der Waals surface area contributed by atoms with Crippen molar-refractivity contribution < 1.29 is 14.6 Å². The van der Waals surface area contributed by atoms with Gasteiger partial charge in [-0.1, -0.05) is 0 Å². The van der Waals surface area contributed by atoms with Gasteiger partial charge in [0.05, 0.1) is 6.61 Å². The fourth-order valence-electron chi connectivity index (χ4n) is 1.62. The SMILES string of the molecule is COCC(C(=O)O)N1CCN(C)CC1.[Li+2]. The molecule has 5 nitrogen and oxygen atoms in total. The maximum atomic E-state index is 10.9. The van der Waals surface area contributed by atoms with E-state index >= 15 is 0 Å². The van der Waals surface area contributed by atoms with Crippen molar-refractivity contribution in [2.45, 2.75) is 6.04 Å². The fraction of sp³-hybridized carbons (Fsp3) is 0.889. The summed E-state index contributed by atoms with van der Waals surface area (Å²) >= 11 is 0. The number of hydrogen-bond acceptors (Lipinski definition) is 4. The fourth-order valence-corrected chi connectivity index (χ4v) is 1.62. The first-order valence-electron chi connectivity index (χ1n) is 4.79. The maximum absolute atomic E-state index is 10.9. The van der Waals surface area contributed by atoms with Crippen LogP contribution >= 0.6 is 0 Å². The molecule has 1 atom stereocenters. The van der Waals surface area contributed by atoms with Gasteiger partial charge in [0.2, 0.25) is 0 Å². The predicted octanol–water partition coefficient (Wildman–Crippen LogP) is -1.05. The number of carboxylic acids is 1. The van der Waals surface area contributed by atoms with Crippen LogP contribution in [0.2, 0.25) is 0 Å². The molecule has 0 spiro atoms. The third-order valence-corrected chi connectivity index (χ3v) is 2.59. The molecule has 9 radical (unpaired) electrons. The molecule has 0 aliphatic carbocycles. The summed E-state index contributed by atoms with van der Waals surface area (Å²) in [5.74, 6) is -0.795. The van der Waals surface area contributed by atoms with Gasteiger partial charge in [0.25, 0.3) is 0 Å². The Morgan fingerprint density at radius 3 is 2.33 bits per heavy atom. The quantitative estimate of drug-likeness (QED) is 0.599. The average molecular weight is 209 g/mol. The van der Waals surface area contributed by atoms with Gasteiger partial charge in [-0.05, 0) is 7.05 Å². The minimum atomic E-state index is -0.795. The number of aliphatic carboxylic acids is 1. The van der Waals surface area contributed by atoms with Gasteiger partial charge in [-0.3, -0.25) is 9.69 Å². The standard InChI is InChI=1S/C9H18N2O3.Li/c1-10-3-5-11(6-4-10)8(7-14-2)9(12)13;/h8H,3-7H2,1-2H3,(H,12,13);/q;+2. The Labute approximate surface area is 103 Å². The smallest absolute Gasteiger partial charge is 0.480 e. The van der Waals surface area contributed by atoms with Crippen molar-refractivity contribution in [1.29, 1.82) is 0 Å². The van der Waals surface area contributed by atoms with Gasteiger partial charge < -0.3 is 14.7 Å². The van der Waals surface area contributed by atoms with E-state index < -0.39 is 12.0 Å². The van der Waals surface area contributed by atoms with Crippen molar-refractivity contribution in [2.75, 3.05) is 46.9 Å². The first-order chi connectivity index (χ1) is 6.65. The zero-order chi connectivity index (χ0) is 10.6. The third kappa shape index (κ3) is 4.54. The van der Waals surface area contributed by atoms with E-state index in [-0.39, 0.29) is 25.5 Å². The number of piperazine rings is 1. The summed E-state index contributed by atoms with van der Waals surface area (Å²) in [6.07, 6.45) is 0. The normalized spacial score (nSPS) is 20.7. The number of hydrogen-bond donors (Lipinski definition) is 1. The van der Waals surface area contributed by atoms with Gasteiger partial charge in [-0.2, -0.15) is 0 Å². The second-order valence-corrected chi connectivity index (χ2v) is 3.65. The van der Waals surface area contributed by atoms with E-state index in [1.807, 2.05) is 11.9 Å². The van der Waals surface area contributed by atoms with Gasteiger partial charge in [0, 0.05) is 33.3 Å². The van der Waals surface area contributed by atoms with Crippen LogP contribution in [-0.2, 0) is 9.53 Å². The molecule has 81 valence electrons. The van der Waals surface area contributed by atoms with Crippen molar-refractivity contribution in [3.8, 4) is 0 Å². The van der Waals surface area contributed by atoms with Crippen LogP contribution in [0.3, 0.4) is 0 Å². The Morgan fingerprint density at radius 2 is 1.93 bits per heavy atom. The number of nitrogens with zero attached hydrogens (tertiary/aromatic N) is 2. The Hall–Kier alpha value is -0.0526. The van der Waals surface area contributed by atoms with Crippen LogP contribution in [0.1, 0.15) is 0 Å². The van der Waals surface area contributed by atoms with Gasteiger partial charge in [-0.15, -0.1) is 0 Å². The first kappa shape index (κ1) is 14.9. The number of carbonyl (C=O) groups is 1. The molecule has 0 aromatic heterocycles. The van der Waals surface area contributed by atoms with Gasteiger partial charge in [0.15, 0.2) is 0 Å². The number of carboxylic acid groups (broad SMARTS) is 1. The van der Waals surface area contributed by atoms with Crippen molar-refractivity contribution in [3.05, 3.63) is 0 Å². The van der Waals surface area contributed by atoms with Crippen molar-refractivity contribution >= 4 is 24.8 Å². The van der Waals surface area contributed by atoms with E-state index in [9.17, 15) is 4.79 Å². The summed E-state index contributed by atoms with van der Waals surface area (Å²) in [5.41, 5.74) is 0. The van der Waals surface area contributed by atoms with Gasteiger partial charge in [-0.25, -0.2) is 0 Å². The minimum Gasteiger partial charge on any atom is -0.480 e.